The van der Waals surface area contributed by atoms with Gasteiger partial charge in [-0.05, 0) is 38.8 Å². The number of hydrogen-bond acceptors (Lipinski definition) is 4. The molecule has 1 aromatic heterocycles. The summed E-state index contributed by atoms with van der Waals surface area (Å²) in [5, 5.41) is 6.73. The Labute approximate surface area is 168 Å². The summed E-state index contributed by atoms with van der Waals surface area (Å²) >= 11 is 0. The molecule has 1 aliphatic heterocycles. The van der Waals surface area contributed by atoms with E-state index in [1.807, 2.05) is 19.1 Å². The van der Waals surface area contributed by atoms with E-state index < -0.39 is 0 Å². The number of nitrogens with one attached hydrogen (secondary N) is 2. The molecule has 0 amide bonds. The lowest BCUT2D eigenvalue weighted by atomic mass is 10.1. The van der Waals surface area contributed by atoms with E-state index in [2.05, 4.69) is 36.3 Å². The van der Waals surface area contributed by atoms with Crippen LogP contribution in [0.15, 0.2) is 21.5 Å². The number of guanidine groups is 1. The Kier molecular flexibility index (Phi) is 10.4. The van der Waals surface area contributed by atoms with Gasteiger partial charge in [0.05, 0.1) is 19.3 Å². The van der Waals surface area contributed by atoms with Crippen LogP contribution >= 0.6 is 24.0 Å². The zero-order valence-electron chi connectivity index (χ0n) is 15.9. The molecule has 0 saturated carbocycles. The van der Waals surface area contributed by atoms with E-state index in [-0.39, 0.29) is 30.0 Å². The molecular formula is C18H33IN4O2. The van der Waals surface area contributed by atoms with Crippen molar-refractivity contribution in [2.45, 2.75) is 33.7 Å². The minimum Gasteiger partial charge on any atom is -0.464 e. The van der Waals surface area contributed by atoms with Gasteiger partial charge < -0.3 is 19.8 Å². The number of aryl methyl sites for hydroxylation is 1. The first-order valence-corrected chi connectivity index (χ1v) is 8.99. The van der Waals surface area contributed by atoms with Crippen molar-refractivity contribution < 1.29 is 9.15 Å². The number of morpholine rings is 1. The molecule has 6 nitrogen and oxygen atoms in total. The van der Waals surface area contributed by atoms with Gasteiger partial charge in [-0.25, -0.2) is 0 Å². The predicted molar refractivity (Wildman–Crippen MR) is 113 cm³/mol. The summed E-state index contributed by atoms with van der Waals surface area (Å²) in [6.45, 7) is 14.8. The van der Waals surface area contributed by atoms with Gasteiger partial charge in [0.1, 0.15) is 11.5 Å². The molecule has 2 unspecified atom stereocenters. The number of nitrogens with zero attached hydrogens (tertiary/aromatic N) is 2. The first-order chi connectivity index (χ1) is 11.6. The summed E-state index contributed by atoms with van der Waals surface area (Å²) in [6.07, 6.45) is 0. The van der Waals surface area contributed by atoms with Gasteiger partial charge in [0.25, 0.3) is 0 Å². The van der Waals surface area contributed by atoms with Crippen LogP contribution in [0.1, 0.15) is 38.3 Å². The lowest BCUT2D eigenvalue weighted by Crippen LogP contribution is -2.41. The fourth-order valence-electron chi connectivity index (χ4n) is 2.81. The Bertz CT molecular complexity index is 515. The van der Waals surface area contributed by atoms with E-state index in [1.54, 1.807) is 0 Å². The molecule has 2 heterocycles. The van der Waals surface area contributed by atoms with Gasteiger partial charge in [-0.1, -0.05) is 6.92 Å². The van der Waals surface area contributed by atoms with E-state index in [0.717, 1.165) is 63.4 Å². The molecule has 1 saturated heterocycles. The highest BCUT2D eigenvalue weighted by Crippen LogP contribution is 2.15. The third kappa shape index (κ3) is 7.96. The third-order valence-corrected chi connectivity index (χ3v) is 4.12. The number of aliphatic imine (C=N–C) groups is 1. The van der Waals surface area contributed by atoms with Crippen molar-refractivity contribution in [3.05, 3.63) is 23.7 Å². The van der Waals surface area contributed by atoms with E-state index in [4.69, 9.17) is 14.1 Å². The summed E-state index contributed by atoms with van der Waals surface area (Å²) in [7, 11) is 0. The van der Waals surface area contributed by atoms with Crippen molar-refractivity contribution in [1.82, 2.24) is 15.5 Å². The molecule has 0 aliphatic carbocycles. The topological polar surface area (TPSA) is 62.0 Å². The molecule has 2 atom stereocenters. The van der Waals surface area contributed by atoms with Crippen molar-refractivity contribution >= 4 is 29.9 Å². The summed E-state index contributed by atoms with van der Waals surface area (Å²) < 4.78 is 11.1. The fraction of sp³-hybridized carbons (Fsp3) is 0.722. The first-order valence-electron chi connectivity index (χ1n) is 8.99. The zero-order valence-corrected chi connectivity index (χ0v) is 18.2. The van der Waals surface area contributed by atoms with Crippen LogP contribution in [0.5, 0.6) is 0 Å². The second kappa shape index (κ2) is 11.7. The number of halogens is 1. The summed E-state index contributed by atoms with van der Waals surface area (Å²) in [5.41, 5.74) is 0. The highest BCUT2D eigenvalue weighted by Gasteiger charge is 2.15. The summed E-state index contributed by atoms with van der Waals surface area (Å²) in [5.74, 6) is 3.21. The predicted octanol–water partition coefficient (Wildman–Crippen LogP) is 2.79. The van der Waals surface area contributed by atoms with Crippen LogP contribution in [-0.4, -0.2) is 56.8 Å². The van der Waals surface area contributed by atoms with E-state index in [0.29, 0.717) is 5.92 Å². The van der Waals surface area contributed by atoms with Gasteiger partial charge >= 0.3 is 0 Å². The monoisotopic (exact) mass is 464 g/mol. The fourth-order valence-corrected chi connectivity index (χ4v) is 2.81. The second-order valence-corrected chi connectivity index (χ2v) is 6.55. The summed E-state index contributed by atoms with van der Waals surface area (Å²) in [6, 6.07) is 4.09. The molecule has 0 spiro atoms. The SMILES string of the molecule is CCNC(=NCC(C)CN1CCOCC1)NC(C)c1ccc(C)o1.I. The number of furan rings is 1. The highest BCUT2D eigenvalue weighted by molar-refractivity contribution is 14.0. The van der Waals surface area contributed by atoms with Crippen LogP contribution in [0.25, 0.3) is 0 Å². The number of hydrogen-bond donors (Lipinski definition) is 2. The van der Waals surface area contributed by atoms with Crippen molar-refractivity contribution in [3.63, 3.8) is 0 Å². The third-order valence-electron chi connectivity index (χ3n) is 4.12. The van der Waals surface area contributed by atoms with Gasteiger partial charge in [0, 0.05) is 32.7 Å². The Hall–Kier alpha value is -0.800. The lowest BCUT2D eigenvalue weighted by Gasteiger charge is -2.28. The molecule has 1 aromatic rings. The maximum atomic E-state index is 5.69. The van der Waals surface area contributed by atoms with Crippen LogP contribution in [0.3, 0.4) is 0 Å². The molecule has 1 aliphatic rings. The maximum Gasteiger partial charge on any atom is 0.191 e. The number of ether oxygens (including phenoxy) is 1. The first kappa shape index (κ1) is 22.2. The quantitative estimate of drug-likeness (QED) is 0.369. The standard InChI is InChI=1S/C18H32N4O2.HI/c1-5-19-18(21-16(4)17-7-6-15(3)24-17)20-12-14(2)13-22-8-10-23-11-9-22;/h6-7,14,16H,5,8-13H2,1-4H3,(H2,19,20,21);1H. The molecule has 0 aromatic carbocycles. The van der Waals surface area contributed by atoms with Crippen LogP contribution in [0.4, 0.5) is 0 Å². The van der Waals surface area contributed by atoms with E-state index >= 15 is 0 Å². The van der Waals surface area contributed by atoms with E-state index in [9.17, 15) is 0 Å². The van der Waals surface area contributed by atoms with Gasteiger partial charge in [-0.3, -0.25) is 9.89 Å². The Balaban J connectivity index is 0.00000312. The summed E-state index contributed by atoms with van der Waals surface area (Å²) in [4.78, 5) is 7.20. The zero-order chi connectivity index (χ0) is 17.4. The lowest BCUT2D eigenvalue weighted by molar-refractivity contribution is 0.0323. The molecule has 0 bridgehead atoms. The average molecular weight is 464 g/mol. The molecule has 1 fully saturated rings. The van der Waals surface area contributed by atoms with Crippen molar-refractivity contribution in [1.29, 1.82) is 0 Å². The molecule has 7 heteroatoms. The minimum atomic E-state index is 0. The largest absolute Gasteiger partial charge is 0.464 e. The molecule has 25 heavy (non-hydrogen) atoms. The van der Waals surface area contributed by atoms with Crippen molar-refractivity contribution in [3.8, 4) is 0 Å². The van der Waals surface area contributed by atoms with Gasteiger partial charge in [0.2, 0.25) is 0 Å². The van der Waals surface area contributed by atoms with Crippen LogP contribution in [-0.2, 0) is 4.74 Å². The molecule has 144 valence electrons. The van der Waals surface area contributed by atoms with Gasteiger partial charge in [0.15, 0.2) is 5.96 Å². The minimum absolute atomic E-state index is 0. The van der Waals surface area contributed by atoms with Crippen LogP contribution < -0.4 is 10.6 Å². The Morgan fingerprint density at radius 3 is 2.60 bits per heavy atom. The van der Waals surface area contributed by atoms with Crippen molar-refractivity contribution in [2.24, 2.45) is 10.9 Å². The van der Waals surface area contributed by atoms with Crippen molar-refractivity contribution in [2.75, 3.05) is 45.9 Å². The van der Waals surface area contributed by atoms with Gasteiger partial charge in [-0.15, -0.1) is 24.0 Å². The molecule has 2 N–H and O–H groups in total. The van der Waals surface area contributed by atoms with Crippen LogP contribution in [0, 0.1) is 12.8 Å². The molecular weight excluding hydrogens is 431 g/mol. The number of rotatable bonds is 7. The molecule has 0 radical (unpaired) electrons. The molecule has 2 rings (SSSR count). The Morgan fingerprint density at radius 1 is 1.28 bits per heavy atom. The van der Waals surface area contributed by atoms with Crippen LogP contribution in [0.2, 0.25) is 0 Å². The second-order valence-electron chi connectivity index (χ2n) is 6.55. The average Bonchev–Trinajstić information content (AvgIpc) is 3.00. The van der Waals surface area contributed by atoms with E-state index in [1.165, 1.54) is 0 Å². The van der Waals surface area contributed by atoms with Gasteiger partial charge in [-0.2, -0.15) is 0 Å². The normalized spacial score (nSPS) is 18.3. The maximum absolute atomic E-state index is 5.69. The Morgan fingerprint density at radius 2 is 2.00 bits per heavy atom. The smallest absolute Gasteiger partial charge is 0.191 e. The highest BCUT2D eigenvalue weighted by atomic mass is 127.